The van der Waals surface area contributed by atoms with E-state index in [9.17, 15) is 19.8 Å². The maximum Gasteiger partial charge on any atom is 0.345 e. The molecule has 29 heavy (non-hydrogen) atoms. The largest absolute Gasteiger partial charge is 0.478 e. The van der Waals surface area contributed by atoms with Crippen molar-refractivity contribution in [1.29, 1.82) is 0 Å². The Morgan fingerprint density at radius 3 is 2.21 bits per heavy atom. The fourth-order valence-corrected chi connectivity index (χ4v) is 3.70. The Morgan fingerprint density at radius 1 is 0.759 bits per heavy atom. The quantitative estimate of drug-likeness (QED) is 0.491. The Hall–Kier alpha value is -3.84. The molecule has 0 saturated carbocycles. The zero-order valence-corrected chi connectivity index (χ0v) is 15.8. The number of benzene rings is 1. The molecular weight excluding hydrogens is 388 g/mol. The number of nitrogens with zero attached hydrogens (tertiary/aromatic N) is 2. The van der Waals surface area contributed by atoms with Crippen LogP contribution in [-0.4, -0.2) is 32.1 Å². The average Bonchev–Trinajstić information content (AvgIpc) is 3.25. The second-order valence-electron chi connectivity index (χ2n) is 6.20. The lowest BCUT2D eigenvalue weighted by Gasteiger charge is -2.09. The zero-order chi connectivity index (χ0) is 20.4. The van der Waals surface area contributed by atoms with Crippen LogP contribution in [0.15, 0.2) is 72.9 Å². The summed E-state index contributed by atoms with van der Waals surface area (Å²) in [6.07, 6.45) is 1.43. The summed E-state index contributed by atoms with van der Waals surface area (Å²) >= 11 is 1.17. The van der Waals surface area contributed by atoms with Crippen LogP contribution in [0.2, 0.25) is 0 Å². The Bertz CT molecular complexity index is 1220. The summed E-state index contributed by atoms with van der Waals surface area (Å²) in [6, 6.07) is 19.5. The third-order valence-corrected chi connectivity index (χ3v) is 5.39. The van der Waals surface area contributed by atoms with Gasteiger partial charge in [0.1, 0.15) is 4.88 Å². The summed E-state index contributed by atoms with van der Waals surface area (Å²) in [5, 5.41) is 18.5. The van der Waals surface area contributed by atoms with E-state index in [0.29, 0.717) is 17.1 Å². The first-order valence-electron chi connectivity index (χ1n) is 8.62. The third kappa shape index (κ3) is 3.90. The summed E-state index contributed by atoms with van der Waals surface area (Å²) in [6.45, 7) is 0. The molecule has 0 aliphatic carbocycles. The number of aromatic nitrogens is 2. The molecule has 142 valence electrons. The summed E-state index contributed by atoms with van der Waals surface area (Å²) in [5.41, 5.74) is 3.42. The van der Waals surface area contributed by atoms with E-state index in [1.165, 1.54) is 29.7 Å². The lowest BCUT2D eigenvalue weighted by Crippen LogP contribution is -1.98. The maximum absolute atomic E-state index is 11.3. The van der Waals surface area contributed by atoms with Crippen LogP contribution in [0.3, 0.4) is 0 Å². The molecule has 0 aliphatic heterocycles. The van der Waals surface area contributed by atoms with Crippen LogP contribution in [-0.2, 0) is 0 Å². The van der Waals surface area contributed by atoms with Gasteiger partial charge in [-0.15, -0.1) is 11.3 Å². The molecule has 0 spiro atoms. The molecule has 4 rings (SSSR count). The monoisotopic (exact) mass is 402 g/mol. The normalized spacial score (nSPS) is 10.6. The molecule has 0 atom stereocenters. The van der Waals surface area contributed by atoms with E-state index >= 15 is 0 Å². The predicted molar refractivity (Wildman–Crippen MR) is 110 cm³/mol. The summed E-state index contributed by atoms with van der Waals surface area (Å²) in [5.74, 6) is -2.02. The molecule has 3 heterocycles. The molecule has 0 amide bonds. The standard InChI is InChI=1S/C22H14N2O4S/c25-21(26)14-8-9-23-17(10-14)18-12-15(19-6-7-20(29-19)22(27)28)11-16(24-18)13-4-2-1-3-5-13/h1-12H,(H,25,26)(H,27,28). The van der Waals surface area contributed by atoms with Gasteiger partial charge in [-0.25, -0.2) is 14.6 Å². The van der Waals surface area contributed by atoms with Gasteiger partial charge in [-0.3, -0.25) is 4.98 Å². The molecule has 1 aromatic carbocycles. The second kappa shape index (κ2) is 7.65. The minimum absolute atomic E-state index is 0.118. The van der Waals surface area contributed by atoms with Crippen molar-refractivity contribution < 1.29 is 19.8 Å². The number of carbonyl (C=O) groups is 2. The number of thiophene rings is 1. The lowest BCUT2D eigenvalue weighted by molar-refractivity contribution is 0.0688. The first-order valence-corrected chi connectivity index (χ1v) is 9.43. The van der Waals surface area contributed by atoms with Gasteiger partial charge in [0, 0.05) is 16.6 Å². The van der Waals surface area contributed by atoms with Gasteiger partial charge in [0.2, 0.25) is 0 Å². The molecule has 2 N–H and O–H groups in total. The first kappa shape index (κ1) is 18.5. The molecule has 0 fully saturated rings. The van der Waals surface area contributed by atoms with Crippen LogP contribution < -0.4 is 0 Å². The predicted octanol–water partition coefficient (Wildman–Crippen LogP) is 4.94. The van der Waals surface area contributed by atoms with E-state index < -0.39 is 11.9 Å². The summed E-state index contributed by atoms with van der Waals surface area (Å²) < 4.78 is 0. The number of carboxylic acids is 2. The van der Waals surface area contributed by atoms with Crippen molar-refractivity contribution in [2.24, 2.45) is 0 Å². The van der Waals surface area contributed by atoms with Crippen LogP contribution in [0, 0.1) is 0 Å². The SMILES string of the molecule is O=C(O)c1ccnc(-c2cc(-c3ccc(C(=O)O)s3)cc(-c3ccccc3)n2)c1. The molecule has 0 aliphatic rings. The van der Waals surface area contributed by atoms with Crippen molar-refractivity contribution in [3.8, 4) is 33.1 Å². The lowest BCUT2D eigenvalue weighted by atomic mass is 10.1. The van der Waals surface area contributed by atoms with Crippen molar-refractivity contribution in [3.63, 3.8) is 0 Å². The Morgan fingerprint density at radius 2 is 1.52 bits per heavy atom. The summed E-state index contributed by atoms with van der Waals surface area (Å²) in [4.78, 5) is 32.6. The highest BCUT2D eigenvalue weighted by atomic mass is 32.1. The average molecular weight is 402 g/mol. The molecule has 0 unspecified atom stereocenters. The number of pyridine rings is 2. The van der Waals surface area contributed by atoms with Crippen molar-refractivity contribution in [1.82, 2.24) is 9.97 Å². The van der Waals surface area contributed by atoms with Crippen LogP contribution in [0.5, 0.6) is 0 Å². The van der Waals surface area contributed by atoms with E-state index in [1.54, 1.807) is 18.2 Å². The molecule has 3 aromatic heterocycles. The van der Waals surface area contributed by atoms with E-state index in [0.717, 1.165) is 16.0 Å². The maximum atomic E-state index is 11.3. The smallest absolute Gasteiger partial charge is 0.345 e. The van der Waals surface area contributed by atoms with Crippen LogP contribution >= 0.6 is 11.3 Å². The summed E-state index contributed by atoms with van der Waals surface area (Å²) in [7, 11) is 0. The number of rotatable bonds is 5. The van der Waals surface area contributed by atoms with Crippen LogP contribution in [0.4, 0.5) is 0 Å². The van der Waals surface area contributed by atoms with Crippen molar-refractivity contribution in [3.05, 3.63) is 83.4 Å². The third-order valence-electron chi connectivity index (χ3n) is 4.27. The number of hydrogen-bond acceptors (Lipinski definition) is 5. The number of hydrogen-bond donors (Lipinski definition) is 2. The van der Waals surface area contributed by atoms with Gasteiger partial charge in [-0.2, -0.15) is 0 Å². The minimum Gasteiger partial charge on any atom is -0.478 e. The van der Waals surface area contributed by atoms with E-state index in [4.69, 9.17) is 0 Å². The van der Waals surface area contributed by atoms with Gasteiger partial charge in [0.15, 0.2) is 0 Å². The molecule has 4 aromatic rings. The van der Waals surface area contributed by atoms with Gasteiger partial charge in [-0.1, -0.05) is 30.3 Å². The van der Waals surface area contributed by atoms with Gasteiger partial charge in [0.25, 0.3) is 0 Å². The van der Waals surface area contributed by atoms with Crippen LogP contribution in [0.1, 0.15) is 20.0 Å². The highest BCUT2D eigenvalue weighted by Gasteiger charge is 2.14. The van der Waals surface area contributed by atoms with Crippen molar-refractivity contribution >= 4 is 23.3 Å². The van der Waals surface area contributed by atoms with Gasteiger partial charge in [-0.05, 0) is 42.0 Å². The van der Waals surface area contributed by atoms with E-state index in [2.05, 4.69) is 9.97 Å². The Balaban J connectivity index is 1.89. The minimum atomic E-state index is -1.04. The molecular formula is C22H14N2O4S. The second-order valence-corrected chi connectivity index (χ2v) is 7.28. The van der Waals surface area contributed by atoms with Gasteiger partial charge >= 0.3 is 11.9 Å². The highest BCUT2D eigenvalue weighted by Crippen LogP contribution is 2.33. The molecule has 0 saturated heterocycles. The van der Waals surface area contributed by atoms with Crippen LogP contribution in [0.25, 0.3) is 33.1 Å². The first-order chi connectivity index (χ1) is 14.0. The Labute approximate surface area is 169 Å². The molecule has 6 nitrogen and oxygen atoms in total. The zero-order valence-electron chi connectivity index (χ0n) is 14.9. The fraction of sp³-hybridized carbons (Fsp3) is 0. The van der Waals surface area contributed by atoms with Gasteiger partial charge < -0.3 is 10.2 Å². The number of carboxylic acid groups (broad SMARTS) is 2. The molecule has 7 heteroatoms. The molecule has 0 radical (unpaired) electrons. The van der Waals surface area contributed by atoms with Crippen molar-refractivity contribution in [2.45, 2.75) is 0 Å². The molecule has 0 bridgehead atoms. The fourth-order valence-electron chi connectivity index (χ4n) is 2.87. The van der Waals surface area contributed by atoms with E-state index in [1.807, 2.05) is 36.4 Å². The van der Waals surface area contributed by atoms with E-state index in [-0.39, 0.29) is 10.4 Å². The van der Waals surface area contributed by atoms with Crippen molar-refractivity contribution in [2.75, 3.05) is 0 Å². The topological polar surface area (TPSA) is 100 Å². The number of aromatic carboxylic acids is 2. The highest BCUT2D eigenvalue weighted by molar-refractivity contribution is 7.17. The Kier molecular flexibility index (Phi) is 4.88. The van der Waals surface area contributed by atoms with Gasteiger partial charge in [0.05, 0.1) is 22.6 Å².